The molecule has 0 aliphatic carbocycles. The van der Waals surface area contributed by atoms with Crippen molar-refractivity contribution in [1.29, 1.82) is 0 Å². The number of aliphatic hydroxyl groups excluding tert-OH is 1. The van der Waals surface area contributed by atoms with Crippen LogP contribution in [0.5, 0.6) is 0 Å². The van der Waals surface area contributed by atoms with E-state index in [4.69, 9.17) is 21.4 Å². The molecule has 0 radical (unpaired) electrons. The minimum atomic E-state index is -3.64. The molecule has 0 aliphatic heterocycles. The first kappa shape index (κ1) is 15.4. The highest BCUT2D eigenvalue weighted by Gasteiger charge is 2.19. The van der Waals surface area contributed by atoms with Gasteiger partial charge in [0.05, 0.1) is 18.1 Å². The molecule has 102 valence electrons. The highest BCUT2D eigenvalue weighted by Crippen LogP contribution is 2.24. The third-order valence-electron chi connectivity index (χ3n) is 2.49. The number of sulfonamides is 1. The molecule has 7 heteroatoms. The fourth-order valence-electron chi connectivity index (χ4n) is 1.51. The summed E-state index contributed by atoms with van der Waals surface area (Å²) in [6, 6.07) is 2.91. The number of nitrogens with one attached hydrogen (secondary N) is 1. The Hall–Kier alpha value is -0.660. The molecule has 0 saturated heterocycles. The van der Waals surface area contributed by atoms with Crippen LogP contribution in [0, 0.1) is 6.92 Å². The van der Waals surface area contributed by atoms with Gasteiger partial charge in [-0.05, 0) is 30.2 Å². The molecule has 0 saturated carbocycles. The number of ether oxygens (including phenoxy) is 1. The number of rotatable bonds is 6. The van der Waals surface area contributed by atoms with E-state index in [2.05, 4.69) is 4.72 Å². The van der Waals surface area contributed by atoms with Crippen LogP contribution < -0.4 is 4.72 Å². The van der Waals surface area contributed by atoms with Crippen molar-refractivity contribution >= 4 is 21.6 Å². The van der Waals surface area contributed by atoms with Crippen LogP contribution in [-0.4, -0.2) is 33.8 Å². The van der Waals surface area contributed by atoms with Crippen molar-refractivity contribution in [3.8, 4) is 0 Å². The standard InChI is InChI=1S/C11H16ClNO4S/c1-8-9(7-14)5-10(12)6-11(8)18(15,16)13-3-4-17-2/h5-6,13-14H,3-4,7H2,1-2H3. The van der Waals surface area contributed by atoms with Gasteiger partial charge in [-0.25, -0.2) is 13.1 Å². The molecule has 5 nitrogen and oxygen atoms in total. The molecule has 0 spiro atoms. The Kier molecular flexibility index (Phi) is 5.55. The van der Waals surface area contributed by atoms with Crippen molar-refractivity contribution in [2.75, 3.05) is 20.3 Å². The first-order valence-corrected chi connectivity index (χ1v) is 7.17. The largest absolute Gasteiger partial charge is 0.392 e. The van der Waals surface area contributed by atoms with Crippen LogP contribution in [0.15, 0.2) is 17.0 Å². The Morgan fingerprint density at radius 3 is 2.67 bits per heavy atom. The summed E-state index contributed by atoms with van der Waals surface area (Å²) < 4.78 is 31.3. The van der Waals surface area contributed by atoms with Gasteiger partial charge in [-0.15, -0.1) is 0 Å². The fraction of sp³-hybridized carbons (Fsp3) is 0.455. The molecule has 0 fully saturated rings. The van der Waals surface area contributed by atoms with Gasteiger partial charge in [0.15, 0.2) is 0 Å². The topological polar surface area (TPSA) is 75.6 Å². The van der Waals surface area contributed by atoms with E-state index >= 15 is 0 Å². The smallest absolute Gasteiger partial charge is 0.240 e. The van der Waals surface area contributed by atoms with Crippen LogP contribution in [0.4, 0.5) is 0 Å². The molecular weight excluding hydrogens is 278 g/mol. The minimum Gasteiger partial charge on any atom is -0.392 e. The monoisotopic (exact) mass is 293 g/mol. The zero-order valence-electron chi connectivity index (χ0n) is 10.2. The average Bonchev–Trinajstić information content (AvgIpc) is 2.31. The van der Waals surface area contributed by atoms with Crippen molar-refractivity contribution in [2.45, 2.75) is 18.4 Å². The molecule has 0 heterocycles. The summed E-state index contributed by atoms with van der Waals surface area (Å²) in [4.78, 5) is 0.0788. The molecule has 2 N–H and O–H groups in total. The molecule has 1 rings (SSSR count). The maximum absolute atomic E-state index is 12.0. The van der Waals surface area contributed by atoms with E-state index in [9.17, 15) is 8.42 Å². The maximum Gasteiger partial charge on any atom is 0.240 e. The van der Waals surface area contributed by atoms with Gasteiger partial charge >= 0.3 is 0 Å². The van der Waals surface area contributed by atoms with Gasteiger partial charge in [0, 0.05) is 18.7 Å². The first-order chi connectivity index (χ1) is 8.42. The molecule has 0 bridgehead atoms. The van der Waals surface area contributed by atoms with Crippen LogP contribution in [0.25, 0.3) is 0 Å². The highest BCUT2D eigenvalue weighted by atomic mass is 35.5. The summed E-state index contributed by atoms with van der Waals surface area (Å²) in [5, 5.41) is 9.43. The number of hydrogen-bond acceptors (Lipinski definition) is 4. The van der Waals surface area contributed by atoms with E-state index in [0.717, 1.165) is 0 Å². The summed E-state index contributed by atoms with van der Waals surface area (Å²) in [6.07, 6.45) is 0. The van der Waals surface area contributed by atoms with Crippen molar-refractivity contribution in [3.05, 3.63) is 28.3 Å². The second kappa shape index (κ2) is 6.49. The van der Waals surface area contributed by atoms with E-state index in [-0.39, 0.29) is 29.7 Å². The zero-order valence-corrected chi connectivity index (χ0v) is 11.8. The summed E-state index contributed by atoms with van der Waals surface area (Å²) in [6.45, 7) is 1.84. The van der Waals surface area contributed by atoms with Gasteiger partial charge in [0.2, 0.25) is 10.0 Å². The molecule has 0 atom stereocenters. The lowest BCUT2D eigenvalue weighted by molar-refractivity contribution is 0.204. The molecular formula is C11H16ClNO4S. The summed E-state index contributed by atoms with van der Waals surface area (Å²) in [7, 11) is -2.15. The van der Waals surface area contributed by atoms with Crippen LogP contribution in [0.1, 0.15) is 11.1 Å². The van der Waals surface area contributed by atoms with Gasteiger partial charge in [0.25, 0.3) is 0 Å². The lowest BCUT2D eigenvalue weighted by Gasteiger charge is -2.12. The molecule has 0 aromatic heterocycles. The molecule has 18 heavy (non-hydrogen) atoms. The van der Waals surface area contributed by atoms with Crippen LogP contribution in [-0.2, 0) is 21.4 Å². The molecule has 0 unspecified atom stereocenters. The van der Waals surface area contributed by atoms with Gasteiger partial charge in [-0.3, -0.25) is 0 Å². The van der Waals surface area contributed by atoms with E-state index in [0.29, 0.717) is 11.1 Å². The Morgan fingerprint density at radius 2 is 2.11 bits per heavy atom. The zero-order chi connectivity index (χ0) is 13.8. The number of methoxy groups -OCH3 is 1. The lowest BCUT2D eigenvalue weighted by Crippen LogP contribution is -2.28. The second-order valence-electron chi connectivity index (χ2n) is 3.74. The predicted molar refractivity (Wildman–Crippen MR) is 69.2 cm³/mol. The summed E-state index contributed by atoms with van der Waals surface area (Å²) in [5.74, 6) is 0. The summed E-state index contributed by atoms with van der Waals surface area (Å²) >= 11 is 5.84. The normalized spacial score (nSPS) is 11.8. The van der Waals surface area contributed by atoms with Crippen molar-refractivity contribution in [2.24, 2.45) is 0 Å². The van der Waals surface area contributed by atoms with Crippen molar-refractivity contribution in [1.82, 2.24) is 4.72 Å². The van der Waals surface area contributed by atoms with Crippen LogP contribution >= 0.6 is 11.6 Å². The number of benzene rings is 1. The van der Waals surface area contributed by atoms with Crippen molar-refractivity contribution < 1.29 is 18.3 Å². The quantitative estimate of drug-likeness (QED) is 0.769. The number of aliphatic hydroxyl groups is 1. The van der Waals surface area contributed by atoms with E-state index < -0.39 is 10.0 Å². The van der Waals surface area contributed by atoms with E-state index in [1.165, 1.54) is 13.2 Å². The van der Waals surface area contributed by atoms with Gasteiger partial charge in [-0.1, -0.05) is 11.6 Å². The SMILES string of the molecule is COCCNS(=O)(=O)c1cc(Cl)cc(CO)c1C. The minimum absolute atomic E-state index is 0.0788. The Balaban J connectivity index is 3.12. The predicted octanol–water partition coefficient (Wildman–Crippen LogP) is 1.07. The van der Waals surface area contributed by atoms with Crippen LogP contribution in [0.2, 0.25) is 5.02 Å². The second-order valence-corrected chi connectivity index (χ2v) is 5.91. The van der Waals surface area contributed by atoms with E-state index in [1.807, 2.05) is 0 Å². The Bertz CT molecular complexity index is 516. The lowest BCUT2D eigenvalue weighted by atomic mass is 10.1. The van der Waals surface area contributed by atoms with E-state index in [1.54, 1.807) is 13.0 Å². The van der Waals surface area contributed by atoms with Gasteiger partial charge in [0.1, 0.15) is 0 Å². The number of hydrogen-bond donors (Lipinski definition) is 2. The van der Waals surface area contributed by atoms with Crippen molar-refractivity contribution in [3.63, 3.8) is 0 Å². The molecule has 0 amide bonds. The first-order valence-electron chi connectivity index (χ1n) is 5.31. The average molecular weight is 294 g/mol. The van der Waals surface area contributed by atoms with Gasteiger partial charge in [-0.2, -0.15) is 0 Å². The third kappa shape index (κ3) is 3.66. The molecule has 1 aromatic carbocycles. The third-order valence-corrected chi connectivity index (χ3v) is 4.30. The van der Waals surface area contributed by atoms with Crippen LogP contribution in [0.3, 0.4) is 0 Å². The highest BCUT2D eigenvalue weighted by molar-refractivity contribution is 7.89. The number of halogens is 1. The molecule has 1 aromatic rings. The fourth-order valence-corrected chi connectivity index (χ4v) is 3.14. The molecule has 0 aliphatic rings. The Labute approximate surface area is 112 Å². The van der Waals surface area contributed by atoms with Gasteiger partial charge < -0.3 is 9.84 Å². The summed E-state index contributed by atoms with van der Waals surface area (Å²) in [5.41, 5.74) is 0.987. The Morgan fingerprint density at radius 1 is 1.44 bits per heavy atom. The maximum atomic E-state index is 12.0.